The minimum absolute atomic E-state index is 0.230. The third-order valence-corrected chi connectivity index (χ3v) is 5.87. The van der Waals surface area contributed by atoms with Crippen molar-refractivity contribution in [1.29, 1.82) is 0 Å². The van der Waals surface area contributed by atoms with Crippen LogP contribution in [0.3, 0.4) is 0 Å². The Morgan fingerprint density at radius 1 is 1.00 bits per heavy atom. The molecule has 1 saturated heterocycles. The Kier molecular flexibility index (Phi) is 6.20. The summed E-state index contributed by atoms with van der Waals surface area (Å²) in [5.74, 6) is -0.655. The van der Waals surface area contributed by atoms with Gasteiger partial charge in [0.25, 0.3) is 5.91 Å². The van der Waals surface area contributed by atoms with Gasteiger partial charge in [-0.05, 0) is 37.3 Å². The molecule has 2 aromatic carbocycles. The number of nitrogens with zero attached hydrogens (tertiary/aromatic N) is 1. The predicted molar refractivity (Wildman–Crippen MR) is 119 cm³/mol. The molecular weight excluding hydrogens is 394 g/mol. The number of benzene rings is 2. The highest BCUT2D eigenvalue weighted by molar-refractivity contribution is 6.69. The van der Waals surface area contributed by atoms with Crippen molar-refractivity contribution < 1.29 is 18.8 Å². The Balaban J connectivity index is 2.12. The highest BCUT2D eigenvalue weighted by Crippen LogP contribution is 2.40. The van der Waals surface area contributed by atoms with E-state index in [2.05, 4.69) is 19.6 Å². The van der Waals surface area contributed by atoms with E-state index in [9.17, 15) is 9.59 Å². The number of hydrogen-bond donors (Lipinski definition) is 0. The molecule has 1 heterocycles. The fourth-order valence-corrected chi connectivity index (χ4v) is 4.69. The first-order chi connectivity index (χ1) is 14.0. The second-order valence-electron chi connectivity index (χ2n) is 9.74. The lowest BCUT2D eigenvalue weighted by Crippen LogP contribution is -2.51. The van der Waals surface area contributed by atoms with E-state index in [1.165, 1.54) is 0 Å². The van der Waals surface area contributed by atoms with E-state index in [-0.39, 0.29) is 5.91 Å². The molecule has 0 aliphatic carbocycles. The maximum atomic E-state index is 13.6. The second kappa shape index (κ2) is 8.36. The number of carbonyl (C=O) groups excluding carboxylic acids is 2. The maximum absolute atomic E-state index is 13.6. The van der Waals surface area contributed by atoms with E-state index in [1.807, 2.05) is 69.3 Å². The van der Waals surface area contributed by atoms with Crippen LogP contribution in [0.15, 0.2) is 60.7 Å². The standard InChI is InChI=1S/C24H31NO4Si/c1-24(2,3)23-25(21(26)18-15-11-8-12-16-18)19(22(27)28-23)20(29-30(4,5)6)17-13-9-7-10-14-17/h7-16,19-20,23H,1-6H3. The van der Waals surface area contributed by atoms with Crippen LogP contribution in [0, 0.1) is 5.41 Å². The monoisotopic (exact) mass is 425 g/mol. The topological polar surface area (TPSA) is 55.8 Å². The van der Waals surface area contributed by atoms with Crippen LogP contribution in [0.4, 0.5) is 0 Å². The summed E-state index contributed by atoms with van der Waals surface area (Å²) >= 11 is 0. The SMILES string of the molecule is CC(C)(C)C1OC(=O)C(C(O[Si](C)(C)C)c2ccccc2)N1C(=O)c1ccccc1. The average molecular weight is 426 g/mol. The van der Waals surface area contributed by atoms with Crippen molar-refractivity contribution in [2.75, 3.05) is 0 Å². The largest absolute Gasteiger partial charge is 0.439 e. The number of cyclic esters (lactones) is 1. The number of ether oxygens (including phenoxy) is 1. The van der Waals surface area contributed by atoms with Crippen molar-refractivity contribution >= 4 is 20.2 Å². The summed E-state index contributed by atoms with van der Waals surface area (Å²) in [6.45, 7) is 12.1. The Morgan fingerprint density at radius 3 is 2.03 bits per heavy atom. The lowest BCUT2D eigenvalue weighted by atomic mass is 9.91. The number of amides is 1. The van der Waals surface area contributed by atoms with E-state index in [1.54, 1.807) is 17.0 Å². The Bertz CT molecular complexity index is 887. The van der Waals surface area contributed by atoms with Gasteiger partial charge in [-0.3, -0.25) is 9.69 Å². The Morgan fingerprint density at radius 2 is 1.53 bits per heavy atom. The van der Waals surface area contributed by atoms with Crippen LogP contribution in [0.2, 0.25) is 19.6 Å². The van der Waals surface area contributed by atoms with Gasteiger partial charge >= 0.3 is 5.97 Å². The van der Waals surface area contributed by atoms with Gasteiger partial charge in [0.2, 0.25) is 0 Å². The van der Waals surface area contributed by atoms with Crippen molar-refractivity contribution in [3.05, 3.63) is 71.8 Å². The predicted octanol–water partition coefficient (Wildman–Crippen LogP) is 5.02. The summed E-state index contributed by atoms with van der Waals surface area (Å²) in [4.78, 5) is 28.4. The molecule has 0 radical (unpaired) electrons. The molecule has 160 valence electrons. The van der Waals surface area contributed by atoms with Gasteiger partial charge in [0.1, 0.15) is 6.10 Å². The van der Waals surface area contributed by atoms with Gasteiger partial charge in [-0.25, -0.2) is 4.79 Å². The summed E-state index contributed by atoms with van der Waals surface area (Å²) in [6.07, 6.45) is -1.27. The molecule has 1 aliphatic rings. The molecule has 0 spiro atoms. The number of carbonyl (C=O) groups is 2. The van der Waals surface area contributed by atoms with Gasteiger partial charge in [-0.15, -0.1) is 0 Å². The van der Waals surface area contributed by atoms with E-state index in [0.29, 0.717) is 5.56 Å². The molecule has 3 unspecified atom stereocenters. The van der Waals surface area contributed by atoms with Crippen LogP contribution in [0.5, 0.6) is 0 Å². The third-order valence-electron chi connectivity index (χ3n) is 4.91. The lowest BCUT2D eigenvalue weighted by molar-refractivity contribution is -0.147. The minimum atomic E-state index is -2.06. The third kappa shape index (κ3) is 4.82. The smallest absolute Gasteiger partial charge is 0.334 e. The molecule has 1 fully saturated rings. The molecule has 3 atom stereocenters. The van der Waals surface area contributed by atoms with Gasteiger partial charge in [0, 0.05) is 11.0 Å². The molecule has 0 saturated carbocycles. The van der Waals surface area contributed by atoms with Gasteiger partial charge in [0.15, 0.2) is 20.6 Å². The van der Waals surface area contributed by atoms with Crippen molar-refractivity contribution in [3.8, 4) is 0 Å². The first-order valence-electron chi connectivity index (χ1n) is 10.3. The minimum Gasteiger partial charge on any atom is -0.439 e. The molecule has 0 bridgehead atoms. The lowest BCUT2D eigenvalue weighted by Gasteiger charge is -2.38. The molecule has 5 nitrogen and oxygen atoms in total. The first-order valence-corrected chi connectivity index (χ1v) is 13.7. The first kappa shape index (κ1) is 22.2. The van der Waals surface area contributed by atoms with Gasteiger partial charge in [-0.2, -0.15) is 0 Å². The van der Waals surface area contributed by atoms with Crippen molar-refractivity contribution in [2.45, 2.75) is 58.8 Å². The van der Waals surface area contributed by atoms with E-state index < -0.39 is 38.1 Å². The highest BCUT2D eigenvalue weighted by Gasteiger charge is 2.54. The van der Waals surface area contributed by atoms with Crippen LogP contribution in [-0.4, -0.2) is 37.4 Å². The van der Waals surface area contributed by atoms with Crippen molar-refractivity contribution in [1.82, 2.24) is 4.90 Å². The average Bonchev–Trinajstić information content (AvgIpc) is 3.03. The molecule has 30 heavy (non-hydrogen) atoms. The Labute approximate surface area is 180 Å². The number of esters is 1. The molecule has 1 aliphatic heterocycles. The second-order valence-corrected chi connectivity index (χ2v) is 14.2. The van der Waals surface area contributed by atoms with Crippen LogP contribution in [0.25, 0.3) is 0 Å². The summed E-state index contributed by atoms with van der Waals surface area (Å²) in [7, 11) is -2.06. The van der Waals surface area contributed by atoms with E-state index >= 15 is 0 Å². The highest BCUT2D eigenvalue weighted by atomic mass is 28.4. The molecule has 0 N–H and O–H groups in total. The Hall–Kier alpha value is -2.44. The quantitative estimate of drug-likeness (QED) is 0.499. The van der Waals surface area contributed by atoms with Gasteiger partial charge in [-0.1, -0.05) is 69.3 Å². The van der Waals surface area contributed by atoms with Crippen molar-refractivity contribution in [3.63, 3.8) is 0 Å². The maximum Gasteiger partial charge on any atom is 0.334 e. The van der Waals surface area contributed by atoms with Crippen LogP contribution in [0.1, 0.15) is 42.8 Å². The molecular formula is C24H31NO4Si. The molecule has 2 aromatic rings. The zero-order chi connectivity index (χ0) is 22.1. The molecule has 1 amide bonds. The summed E-state index contributed by atoms with van der Waals surface area (Å²) in [6, 6.07) is 17.8. The van der Waals surface area contributed by atoms with Crippen LogP contribution < -0.4 is 0 Å². The zero-order valence-corrected chi connectivity index (χ0v) is 19.6. The number of hydrogen-bond acceptors (Lipinski definition) is 4. The summed E-state index contributed by atoms with van der Waals surface area (Å²) in [5.41, 5.74) is 0.937. The zero-order valence-electron chi connectivity index (χ0n) is 18.6. The normalized spacial score (nSPS) is 20.7. The summed E-state index contributed by atoms with van der Waals surface area (Å²) in [5, 5.41) is 0. The van der Waals surface area contributed by atoms with Gasteiger partial charge < -0.3 is 9.16 Å². The van der Waals surface area contributed by atoms with Crippen LogP contribution >= 0.6 is 0 Å². The van der Waals surface area contributed by atoms with E-state index in [4.69, 9.17) is 9.16 Å². The van der Waals surface area contributed by atoms with Crippen molar-refractivity contribution in [2.24, 2.45) is 5.41 Å². The number of rotatable bonds is 5. The fourth-order valence-electron chi connectivity index (χ4n) is 3.66. The molecule has 0 aromatic heterocycles. The fraction of sp³-hybridized carbons (Fsp3) is 0.417. The molecule has 6 heteroatoms. The van der Waals surface area contributed by atoms with E-state index in [0.717, 1.165) is 5.56 Å². The van der Waals surface area contributed by atoms with Crippen LogP contribution in [-0.2, 0) is 14.0 Å². The van der Waals surface area contributed by atoms with Gasteiger partial charge in [0.05, 0.1) is 0 Å². The summed E-state index contributed by atoms with van der Waals surface area (Å²) < 4.78 is 12.3. The molecule has 3 rings (SSSR count).